The third-order valence-electron chi connectivity index (χ3n) is 7.40. The molecule has 2 atom stereocenters. The molecule has 0 spiro atoms. The number of rotatable bonds is 10. The maximum Gasteiger partial charge on any atom is 0.270 e. The highest BCUT2D eigenvalue weighted by Crippen LogP contribution is 2.51. The third kappa shape index (κ3) is 4.92. The molecule has 36 heavy (non-hydrogen) atoms. The summed E-state index contributed by atoms with van der Waals surface area (Å²) >= 11 is 0. The summed E-state index contributed by atoms with van der Waals surface area (Å²) in [6.45, 7) is 4.97. The molecule has 1 aromatic carbocycles. The van der Waals surface area contributed by atoms with Gasteiger partial charge in [0, 0.05) is 23.1 Å². The third-order valence-corrected chi connectivity index (χ3v) is 7.40. The van der Waals surface area contributed by atoms with Crippen LogP contribution in [0.3, 0.4) is 0 Å². The molecule has 5 rings (SSSR count). The summed E-state index contributed by atoms with van der Waals surface area (Å²) in [6.07, 6.45) is 5.80. The molecule has 0 saturated heterocycles. The summed E-state index contributed by atoms with van der Waals surface area (Å²) in [5.74, 6) is 0.357. The number of nitrogens with one attached hydrogen (secondary N) is 3. The monoisotopic (exact) mass is 492 g/mol. The van der Waals surface area contributed by atoms with Crippen LogP contribution >= 0.6 is 0 Å². The smallest absolute Gasteiger partial charge is 0.270 e. The van der Waals surface area contributed by atoms with Gasteiger partial charge >= 0.3 is 0 Å². The van der Waals surface area contributed by atoms with Gasteiger partial charge in [0.05, 0.1) is 11.7 Å². The number of alkyl halides is 1. The molecule has 9 heteroatoms. The van der Waals surface area contributed by atoms with E-state index in [0.29, 0.717) is 17.5 Å². The zero-order valence-electron chi connectivity index (χ0n) is 20.9. The van der Waals surface area contributed by atoms with Crippen LogP contribution in [0.5, 0.6) is 0 Å². The lowest BCUT2D eigenvalue weighted by Gasteiger charge is -2.28. The normalized spacial score (nSPS) is 17.1. The number of carbonyl (C=O) groups is 2. The lowest BCUT2D eigenvalue weighted by atomic mass is 9.88. The Hall–Kier alpha value is -3.49. The van der Waals surface area contributed by atoms with Gasteiger partial charge in [0.2, 0.25) is 5.91 Å². The summed E-state index contributed by atoms with van der Waals surface area (Å²) in [5.41, 5.74) is 4.92. The van der Waals surface area contributed by atoms with Gasteiger partial charge in [-0.15, -0.1) is 0 Å². The summed E-state index contributed by atoms with van der Waals surface area (Å²) < 4.78 is 14.7. The van der Waals surface area contributed by atoms with Crippen LogP contribution in [0.15, 0.2) is 36.5 Å². The van der Waals surface area contributed by atoms with Crippen LogP contribution < -0.4 is 10.6 Å². The SMILES string of the molecule is Cc1n[nH]c(C)c1-c1ccc(NC(=O)[C@@H](NC(=O)c2ccnn2C(C)CF)C(C2CC2)C2CC2)cc1. The first kappa shape index (κ1) is 24.2. The molecule has 190 valence electrons. The van der Waals surface area contributed by atoms with Crippen molar-refractivity contribution in [1.29, 1.82) is 0 Å². The second-order valence-corrected chi connectivity index (χ2v) is 10.2. The van der Waals surface area contributed by atoms with Crippen molar-refractivity contribution in [2.75, 3.05) is 12.0 Å². The van der Waals surface area contributed by atoms with E-state index in [1.54, 1.807) is 13.0 Å². The fourth-order valence-electron chi connectivity index (χ4n) is 5.27. The highest BCUT2D eigenvalue weighted by atomic mass is 19.1. The number of nitrogens with zero attached hydrogens (tertiary/aromatic N) is 3. The minimum absolute atomic E-state index is 0.0967. The van der Waals surface area contributed by atoms with E-state index >= 15 is 0 Å². The first-order valence-electron chi connectivity index (χ1n) is 12.7. The molecule has 2 saturated carbocycles. The molecule has 0 bridgehead atoms. The van der Waals surface area contributed by atoms with Crippen molar-refractivity contribution >= 4 is 17.5 Å². The van der Waals surface area contributed by atoms with E-state index < -0.39 is 24.7 Å². The van der Waals surface area contributed by atoms with Gasteiger partial charge in [-0.05, 0) is 88.0 Å². The number of carbonyl (C=O) groups excluding carboxylic acids is 2. The van der Waals surface area contributed by atoms with Gasteiger partial charge in [-0.1, -0.05) is 12.1 Å². The van der Waals surface area contributed by atoms with Gasteiger partial charge in [-0.3, -0.25) is 19.4 Å². The minimum atomic E-state index is -0.667. The van der Waals surface area contributed by atoms with E-state index in [0.717, 1.165) is 48.2 Å². The van der Waals surface area contributed by atoms with Crippen molar-refractivity contribution in [3.63, 3.8) is 0 Å². The van der Waals surface area contributed by atoms with E-state index in [9.17, 15) is 14.0 Å². The van der Waals surface area contributed by atoms with Crippen LogP contribution in [0, 0.1) is 31.6 Å². The minimum Gasteiger partial charge on any atom is -0.339 e. The Bertz CT molecular complexity index is 1210. The Morgan fingerprint density at radius 3 is 2.33 bits per heavy atom. The molecule has 1 unspecified atom stereocenters. The van der Waals surface area contributed by atoms with Gasteiger partial charge in [0.15, 0.2) is 0 Å². The molecule has 2 aliphatic carbocycles. The second-order valence-electron chi connectivity index (χ2n) is 10.2. The average molecular weight is 493 g/mol. The maximum absolute atomic E-state index is 13.6. The van der Waals surface area contributed by atoms with Crippen molar-refractivity contribution in [2.45, 2.75) is 58.5 Å². The van der Waals surface area contributed by atoms with E-state index in [1.165, 1.54) is 10.9 Å². The van der Waals surface area contributed by atoms with Crippen molar-refractivity contribution < 1.29 is 14.0 Å². The van der Waals surface area contributed by atoms with Crippen LogP contribution in [-0.2, 0) is 4.79 Å². The standard InChI is InChI=1S/C27H33FN6O2/c1-15(14-28)34-22(12-13-29-34)26(35)31-25(24(19-4-5-19)20-6-7-20)27(36)30-21-10-8-18(9-11-21)23-16(2)32-33-17(23)3/h8-13,15,19-20,24-25H,4-7,14H2,1-3H3,(H,30,36)(H,31,35)(H,32,33)/t15?,25-/m0/s1. The summed E-state index contributed by atoms with van der Waals surface area (Å²) in [7, 11) is 0. The molecular weight excluding hydrogens is 459 g/mol. The Labute approximate surface area is 210 Å². The Balaban J connectivity index is 1.36. The summed E-state index contributed by atoms with van der Waals surface area (Å²) in [5, 5.41) is 17.4. The average Bonchev–Trinajstić information content (AvgIpc) is 3.81. The predicted octanol–water partition coefficient (Wildman–Crippen LogP) is 4.59. The first-order chi connectivity index (χ1) is 17.4. The fraction of sp³-hybridized carbons (Fsp3) is 0.481. The number of benzene rings is 1. The number of amides is 2. The Morgan fingerprint density at radius 2 is 1.78 bits per heavy atom. The van der Waals surface area contributed by atoms with Crippen LogP contribution in [0.1, 0.15) is 60.5 Å². The van der Waals surface area contributed by atoms with Crippen LogP contribution in [0.25, 0.3) is 11.1 Å². The van der Waals surface area contributed by atoms with Crippen LogP contribution in [0.2, 0.25) is 0 Å². The molecular formula is C27H33FN6O2. The van der Waals surface area contributed by atoms with Crippen molar-refractivity contribution in [2.24, 2.45) is 17.8 Å². The topological polar surface area (TPSA) is 105 Å². The van der Waals surface area contributed by atoms with Crippen molar-refractivity contribution in [3.8, 4) is 11.1 Å². The van der Waals surface area contributed by atoms with E-state index in [1.807, 2.05) is 38.1 Å². The molecule has 2 aliphatic rings. The Kier molecular flexibility index (Phi) is 6.64. The number of hydrogen-bond acceptors (Lipinski definition) is 4. The quantitative estimate of drug-likeness (QED) is 0.385. The molecule has 8 nitrogen and oxygen atoms in total. The zero-order chi connectivity index (χ0) is 25.4. The van der Waals surface area contributed by atoms with Crippen molar-refractivity contribution in [3.05, 3.63) is 53.6 Å². The van der Waals surface area contributed by atoms with Crippen molar-refractivity contribution in [1.82, 2.24) is 25.3 Å². The Morgan fingerprint density at radius 1 is 1.11 bits per heavy atom. The number of anilines is 1. The van der Waals surface area contributed by atoms with Gasteiger partial charge < -0.3 is 10.6 Å². The van der Waals surface area contributed by atoms with E-state index in [2.05, 4.69) is 25.9 Å². The number of halogens is 1. The van der Waals surface area contributed by atoms with Gasteiger partial charge in [-0.2, -0.15) is 10.2 Å². The lowest BCUT2D eigenvalue weighted by Crippen LogP contribution is -2.50. The lowest BCUT2D eigenvalue weighted by molar-refractivity contribution is -0.119. The molecule has 3 N–H and O–H groups in total. The van der Waals surface area contributed by atoms with E-state index in [4.69, 9.17) is 0 Å². The molecule has 2 fully saturated rings. The van der Waals surface area contributed by atoms with Crippen LogP contribution in [0.4, 0.5) is 10.1 Å². The molecule has 2 amide bonds. The fourth-order valence-corrected chi connectivity index (χ4v) is 5.27. The zero-order valence-corrected chi connectivity index (χ0v) is 20.9. The summed E-state index contributed by atoms with van der Waals surface area (Å²) in [4.78, 5) is 26.9. The maximum atomic E-state index is 13.6. The number of aromatic amines is 1. The largest absolute Gasteiger partial charge is 0.339 e. The number of hydrogen-bond donors (Lipinski definition) is 3. The number of H-pyrrole nitrogens is 1. The number of aryl methyl sites for hydroxylation is 2. The second kappa shape index (κ2) is 9.87. The highest BCUT2D eigenvalue weighted by Gasteiger charge is 2.48. The first-order valence-corrected chi connectivity index (χ1v) is 12.7. The molecule has 2 aromatic heterocycles. The molecule has 3 aromatic rings. The summed E-state index contributed by atoms with van der Waals surface area (Å²) in [6, 6.07) is 8.02. The number of aromatic nitrogens is 4. The molecule has 0 radical (unpaired) electrons. The van der Waals surface area contributed by atoms with Gasteiger partial charge in [0.1, 0.15) is 18.4 Å². The molecule has 2 heterocycles. The highest BCUT2D eigenvalue weighted by molar-refractivity contribution is 6.01. The van der Waals surface area contributed by atoms with E-state index in [-0.39, 0.29) is 17.5 Å². The predicted molar refractivity (Wildman–Crippen MR) is 135 cm³/mol. The van der Waals surface area contributed by atoms with Gasteiger partial charge in [0.25, 0.3) is 5.91 Å². The molecule has 0 aliphatic heterocycles. The van der Waals surface area contributed by atoms with Gasteiger partial charge in [-0.25, -0.2) is 4.39 Å². The van der Waals surface area contributed by atoms with Crippen LogP contribution in [-0.4, -0.2) is 44.5 Å².